The molecule has 0 bridgehead atoms. The molecule has 2 aliphatic rings. The smallest absolute Gasteiger partial charge is 0.265 e. The minimum atomic E-state index is -0.365. The number of rotatable bonds is 2. The Balaban J connectivity index is 0.000000171. The van der Waals surface area contributed by atoms with Crippen LogP contribution in [-0.2, 0) is 4.79 Å². The van der Waals surface area contributed by atoms with Crippen LogP contribution in [0.3, 0.4) is 0 Å². The quantitative estimate of drug-likeness (QED) is 0.449. The average molecular weight is 234 g/mol. The van der Waals surface area contributed by atoms with E-state index in [-0.39, 0.29) is 10.6 Å². The van der Waals surface area contributed by atoms with Gasteiger partial charge in [0.1, 0.15) is 6.29 Å². The fourth-order valence-electron chi connectivity index (χ4n) is 1.41. The summed E-state index contributed by atoms with van der Waals surface area (Å²) in [6.45, 7) is 1.88. The van der Waals surface area contributed by atoms with Gasteiger partial charge in [0.25, 0.3) is 5.70 Å². The van der Waals surface area contributed by atoms with Crippen LogP contribution in [0.1, 0.15) is 19.8 Å². The third-order valence-corrected chi connectivity index (χ3v) is 2.32. The summed E-state index contributed by atoms with van der Waals surface area (Å²) in [5, 5.41) is 10.0. The molecule has 0 saturated heterocycles. The molecule has 0 heterocycles. The lowest BCUT2D eigenvalue weighted by atomic mass is 10.3. The summed E-state index contributed by atoms with van der Waals surface area (Å²) in [5.74, 6) is 0. The van der Waals surface area contributed by atoms with Gasteiger partial charge in [0.15, 0.2) is 0 Å². The van der Waals surface area contributed by atoms with Crippen molar-refractivity contribution in [1.29, 1.82) is 0 Å². The second kappa shape index (κ2) is 5.79. The summed E-state index contributed by atoms with van der Waals surface area (Å²) in [7, 11) is 0. The molecule has 0 aromatic rings. The standard InChI is InChI=1S/C6H7NO2.C6H7NO/c1-5-2-3-6(4-5)7(8)9;7-6-2-1-5(3-6)4-8/h3-4H,2H2,1H3;2-4H,1,7H2. The second-order valence-electron chi connectivity index (χ2n) is 3.83. The SMILES string of the molecule is CC1=CC([N+](=O)[O-])=CC1.NC1=CCC(C=O)=C1. The molecule has 5 nitrogen and oxygen atoms in total. The Labute approximate surface area is 99.1 Å². The van der Waals surface area contributed by atoms with E-state index in [0.29, 0.717) is 12.1 Å². The van der Waals surface area contributed by atoms with Crippen LogP contribution in [0, 0.1) is 10.1 Å². The number of nitro groups is 1. The highest BCUT2D eigenvalue weighted by Gasteiger charge is 2.11. The van der Waals surface area contributed by atoms with Crippen LogP contribution in [0.2, 0.25) is 0 Å². The number of allylic oxidation sites excluding steroid dienone is 6. The van der Waals surface area contributed by atoms with Crippen molar-refractivity contribution >= 4 is 6.29 Å². The Morgan fingerprint density at radius 3 is 2.29 bits per heavy atom. The molecule has 17 heavy (non-hydrogen) atoms. The Hall–Kier alpha value is -2.17. The minimum absolute atomic E-state index is 0.229. The van der Waals surface area contributed by atoms with Gasteiger partial charge in [0, 0.05) is 11.8 Å². The van der Waals surface area contributed by atoms with E-state index in [0.717, 1.165) is 23.9 Å². The molecule has 2 rings (SSSR count). The third-order valence-electron chi connectivity index (χ3n) is 2.32. The van der Waals surface area contributed by atoms with Crippen molar-refractivity contribution in [1.82, 2.24) is 0 Å². The van der Waals surface area contributed by atoms with Gasteiger partial charge in [-0.1, -0.05) is 11.6 Å². The van der Waals surface area contributed by atoms with Gasteiger partial charge in [0.05, 0.1) is 4.92 Å². The Kier molecular flexibility index (Phi) is 4.39. The number of nitrogens with two attached hydrogens (primary N) is 1. The first kappa shape index (κ1) is 12.9. The molecule has 5 heteroatoms. The van der Waals surface area contributed by atoms with Gasteiger partial charge >= 0.3 is 0 Å². The van der Waals surface area contributed by atoms with Crippen molar-refractivity contribution in [2.45, 2.75) is 19.8 Å². The zero-order valence-corrected chi connectivity index (χ0v) is 9.55. The number of hydrogen-bond acceptors (Lipinski definition) is 4. The summed E-state index contributed by atoms with van der Waals surface area (Å²) in [6.07, 6.45) is 8.99. The van der Waals surface area contributed by atoms with E-state index in [1.807, 2.05) is 13.0 Å². The van der Waals surface area contributed by atoms with Crippen molar-refractivity contribution in [2.24, 2.45) is 5.73 Å². The largest absolute Gasteiger partial charge is 0.399 e. The van der Waals surface area contributed by atoms with E-state index in [2.05, 4.69) is 0 Å². The number of hydrogen-bond donors (Lipinski definition) is 1. The van der Waals surface area contributed by atoms with E-state index in [1.54, 1.807) is 18.2 Å². The maximum Gasteiger partial charge on any atom is 0.265 e. The number of nitrogens with zero attached hydrogens (tertiary/aromatic N) is 1. The summed E-state index contributed by atoms with van der Waals surface area (Å²) >= 11 is 0. The molecule has 0 aliphatic heterocycles. The van der Waals surface area contributed by atoms with Crippen molar-refractivity contribution in [3.63, 3.8) is 0 Å². The van der Waals surface area contributed by atoms with Crippen LogP contribution in [0.15, 0.2) is 46.8 Å². The third kappa shape index (κ3) is 4.06. The van der Waals surface area contributed by atoms with Crippen LogP contribution in [0.25, 0.3) is 0 Å². The molecule has 0 atom stereocenters. The lowest BCUT2D eigenvalue weighted by Gasteiger charge is -1.82. The highest BCUT2D eigenvalue weighted by molar-refractivity contribution is 5.76. The molecule has 0 amide bonds. The van der Waals surface area contributed by atoms with Crippen LogP contribution in [0.4, 0.5) is 0 Å². The molecular formula is C12H14N2O3. The van der Waals surface area contributed by atoms with Crippen molar-refractivity contribution in [2.75, 3.05) is 0 Å². The number of carbonyl (C=O) groups excluding carboxylic acids is 1. The highest BCUT2D eigenvalue weighted by Crippen LogP contribution is 2.16. The summed E-state index contributed by atoms with van der Waals surface area (Å²) in [5.41, 5.74) is 8.08. The van der Waals surface area contributed by atoms with E-state index >= 15 is 0 Å². The fourth-order valence-corrected chi connectivity index (χ4v) is 1.41. The predicted octanol–water partition coefficient (Wildman–Crippen LogP) is 1.85. The van der Waals surface area contributed by atoms with Gasteiger partial charge in [-0.2, -0.15) is 0 Å². The predicted molar refractivity (Wildman–Crippen MR) is 64.5 cm³/mol. The maximum absolute atomic E-state index is 10.0. The molecule has 0 aromatic carbocycles. The molecule has 2 N–H and O–H groups in total. The van der Waals surface area contributed by atoms with E-state index in [4.69, 9.17) is 5.73 Å². The highest BCUT2D eigenvalue weighted by atomic mass is 16.6. The molecule has 0 aromatic heterocycles. The molecular weight excluding hydrogens is 220 g/mol. The Bertz CT molecular complexity index is 456. The van der Waals surface area contributed by atoms with Gasteiger partial charge in [-0.05, 0) is 37.5 Å². The van der Waals surface area contributed by atoms with Crippen molar-refractivity contribution < 1.29 is 9.72 Å². The molecule has 0 radical (unpaired) electrons. The minimum Gasteiger partial charge on any atom is -0.399 e. The van der Waals surface area contributed by atoms with Gasteiger partial charge < -0.3 is 5.73 Å². The van der Waals surface area contributed by atoms with Crippen LogP contribution in [-0.4, -0.2) is 11.2 Å². The molecule has 0 spiro atoms. The summed E-state index contributed by atoms with van der Waals surface area (Å²) in [6, 6.07) is 0. The number of carbonyl (C=O) groups is 1. The number of aldehydes is 1. The monoisotopic (exact) mass is 234 g/mol. The van der Waals surface area contributed by atoms with E-state index < -0.39 is 0 Å². The van der Waals surface area contributed by atoms with Crippen LogP contribution >= 0.6 is 0 Å². The lowest BCUT2D eigenvalue weighted by Crippen LogP contribution is -1.91. The van der Waals surface area contributed by atoms with Gasteiger partial charge in [0.2, 0.25) is 0 Å². The molecule has 2 aliphatic carbocycles. The van der Waals surface area contributed by atoms with Crippen LogP contribution in [0.5, 0.6) is 0 Å². The zero-order valence-electron chi connectivity index (χ0n) is 9.55. The molecule has 0 saturated carbocycles. The summed E-state index contributed by atoms with van der Waals surface area (Å²) in [4.78, 5) is 19.7. The molecule has 0 unspecified atom stereocenters. The van der Waals surface area contributed by atoms with Crippen LogP contribution < -0.4 is 5.73 Å². The summed E-state index contributed by atoms with van der Waals surface area (Å²) < 4.78 is 0. The van der Waals surface area contributed by atoms with Gasteiger partial charge in [-0.25, -0.2) is 0 Å². The normalized spacial score (nSPS) is 17.2. The van der Waals surface area contributed by atoms with Crippen molar-refractivity contribution in [3.05, 3.63) is 57.0 Å². The first-order valence-electron chi connectivity index (χ1n) is 5.16. The average Bonchev–Trinajstić information content (AvgIpc) is 2.88. The van der Waals surface area contributed by atoms with E-state index in [9.17, 15) is 14.9 Å². The Morgan fingerprint density at radius 2 is 2.06 bits per heavy atom. The fraction of sp³-hybridized carbons (Fsp3) is 0.250. The molecule has 0 fully saturated rings. The first-order chi connectivity index (χ1) is 8.02. The lowest BCUT2D eigenvalue weighted by molar-refractivity contribution is -0.418. The maximum atomic E-state index is 10.0. The van der Waals surface area contributed by atoms with E-state index in [1.165, 1.54) is 0 Å². The van der Waals surface area contributed by atoms with Gasteiger partial charge in [-0.3, -0.25) is 14.9 Å². The first-order valence-corrected chi connectivity index (χ1v) is 5.16. The van der Waals surface area contributed by atoms with Gasteiger partial charge in [-0.15, -0.1) is 0 Å². The van der Waals surface area contributed by atoms with Crippen molar-refractivity contribution in [3.8, 4) is 0 Å². The zero-order chi connectivity index (χ0) is 12.8. The molecule has 90 valence electrons. The second-order valence-corrected chi connectivity index (χ2v) is 3.83. The Morgan fingerprint density at radius 1 is 1.35 bits per heavy atom. The topological polar surface area (TPSA) is 86.2 Å².